The van der Waals surface area contributed by atoms with E-state index in [9.17, 15) is 9.18 Å². The summed E-state index contributed by atoms with van der Waals surface area (Å²) in [5, 5.41) is 8.03. The minimum atomic E-state index is -0.325. The van der Waals surface area contributed by atoms with Crippen LogP contribution in [0.1, 0.15) is 16.8 Å². The van der Waals surface area contributed by atoms with Crippen LogP contribution in [0.25, 0.3) is 21.2 Å². The number of thiazole rings is 1. The van der Waals surface area contributed by atoms with Crippen LogP contribution in [0, 0.1) is 19.7 Å². The standard InChI is InChI=1S/C18H14FN3O2S/c1-9-5-12-14(22-24-15(12)6-10(9)2)8-17(23)21-18-20-13-4-3-11(19)7-16(13)25-18/h3-7H,8H2,1-2H3,(H,20,21,23). The second kappa shape index (κ2) is 5.93. The molecule has 2 aromatic carbocycles. The first kappa shape index (κ1) is 15.7. The highest BCUT2D eigenvalue weighted by atomic mass is 32.1. The first-order chi connectivity index (χ1) is 12.0. The molecule has 0 spiro atoms. The monoisotopic (exact) mass is 355 g/mol. The number of hydrogen-bond donors (Lipinski definition) is 1. The third kappa shape index (κ3) is 2.98. The topological polar surface area (TPSA) is 68.0 Å². The van der Waals surface area contributed by atoms with Gasteiger partial charge in [-0.1, -0.05) is 16.5 Å². The SMILES string of the molecule is Cc1cc2onc(CC(=O)Nc3nc4ccc(F)cc4s3)c2cc1C. The zero-order valence-electron chi connectivity index (χ0n) is 13.6. The normalized spacial score (nSPS) is 11.3. The second-order valence-corrected chi connectivity index (χ2v) is 6.95. The number of amides is 1. The van der Waals surface area contributed by atoms with Crippen molar-refractivity contribution in [3.05, 3.63) is 53.0 Å². The first-order valence-corrected chi connectivity index (χ1v) is 8.53. The van der Waals surface area contributed by atoms with Gasteiger partial charge in [-0.2, -0.15) is 0 Å². The number of nitrogens with zero attached hydrogens (tertiary/aromatic N) is 2. The van der Waals surface area contributed by atoms with Gasteiger partial charge >= 0.3 is 0 Å². The molecule has 0 aliphatic heterocycles. The van der Waals surface area contributed by atoms with Gasteiger partial charge in [0.2, 0.25) is 5.91 Å². The molecule has 126 valence electrons. The van der Waals surface area contributed by atoms with Gasteiger partial charge in [0, 0.05) is 5.39 Å². The number of hydrogen-bond acceptors (Lipinski definition) is 5. The highest BCUT2D eigenvalue weighted by Gasteiger charge is 2.15. The van der Waals surface area contributed by atoms with Crippen LogP contribution in [0.4, 0.5) is 9.52 Å². The number of nitrogens with one attached hydrogen (secondary N) is 1. The van der Waals surface area contributed by atoms with Gasteiger partial charge in [0.25, 0.3) is 0 Å². The lowest BCUT2D eigenvalue weighted by Gasteiger charge is -2.01. The van der Waals surface area contributed by atoms with E-state index in [0.717, 1.165) is 16.5 Å². The molecule has 2 heterocycles. The molecule has 0 aliphatic carbocycles. The fourth-order valence-corrected chi connectivity index (χ4v) is 3.55. The Bertz CT molecular complexity index is 1120. The minimum Gasteiger partial charge on any atom is -0.356 e. The number of rotatable bonds is 3. The number of aromatic nitrogens is 2. The van der Waals surface area contributed by atoms with E-state index in [1.54, 1.807) is 6.07 Å². The number of anilines is 1. The number of halogens is 1. The molecular formula is C18H14FN3O2S. The molecule has 4 rings (SSSR count). The molecule has 7 heteroatoms. The van der Waals surface area contributed by atoms with E-state index in [1.165, 1.54) is 23.5 Å². The van der Waals surface area contributed by atoms with Crippen LogP contribution >= 0.6 is 11.3 Å². The Morgan fingerprint density at radius 2 is 2.04 bits per heavy atom. The van der Waals surface area contributed by atoms with Gasteiger partial charge in [0.15, 0.2) is 10.7 Å². The van der Waals surface area contributed by atoms with Crippen molar-refractivity contribution in [2.24, 2.45) is 0 Å². The van der Waals surface area contributed by atoms with Crippen LogP contribution in [0.3, 0.4) is 0 Å². The quantitative estimate of drug-likeness (QED) is 0.592. The molecule has 5 nitrogen and oxygen atoms in total. The predicted octanol–water partition coefficient (Wildman–Crippen LogP) is 4.37. The molecule has 0 radical (unpaired) electrons. The molecule has 25 heavy (non-hydrogen) atoms. The highest BCUT2D eigenvalue weighted by molar-refractivity contribution is 7.22. The van der Waals surface area contributed by atoms with Crippen molar-refractivity contribution in [1.29, 1.82) is 0 Å². The lowest BCUT2D eigenvalue weighted by atomic mass is 10.1. The van der Waals surface area contributed by atoms with Gasteiger partial charge in [-0.3, -0.25) is 4.79 Å². The molecule has 0 unspecified atom stereocenters. The fraction of sp³-hybridized carbons (Fsp3) is 0.167. The van der Waals surface area contributed by atoms with Crippen molar-refractivity contribution >= 4 is 43.6 Å². The number of carbonyl (C=O) groups excluding carboxylic acids is 1. The van der Waals surface area contributed by atoms with Gasteiger partial charge in [0.1, 0.15) is 11.5 Å². The Labute approximate surface area is 146 Å². The van der Waals surface area contributed by atoms with Crippen molar-refractivity contribution in [3.63, 3.8) is 0 Å². The summed E-state index contributed by atoms with van der Waals surface area (Å²) in [5.74, 6) is -0.568. The van der Waals surface area contributed by atoms with Crippen molar-refractivity contribution < 1.29 is 13.7 Å². The zero-order chi connectivity index (χ0) is 17.6. The van der Waals surface area contributed by atoms with E-state index in [-0.39, 0.29) is 18.1 Å². The van der Waals surface area contributed by atoms with E-state index >= 15 is 0 Å². The largest absolute Gasteiger partial charge is 0.356 e. The molecule has 0 saturated heterocycles. The Kier molecular flexibility index (Phi) is 3.73. The van der Waals surface area contributed by atoms with E-state index in [0.29, 0.717) is 26.6 Å². The maximum Gasteiger partial charge on any atom is 0.232 e. The van der Waals surface area contributed by atoms with Crippen LogP contribution in [-0.2, 0) is 11.2 Å². The molecule has 2 aromatic heterocycles. The summed E-state index contributed by atoms with van der Waals surface area (Å²) in [6.45, 7) is 4.01. The van der Waals surface area contributed by atoms with Crippen molar-refractivity contribution in [1.82, 2.24) is 10.1 Å². The third-order valence-corrected chi connectivity index (χ3v) is 5.02. The summed E-state index contributed by atoms with van der Waals surface area (Å²) in [5.41, 5.74) is 4.13. The summed E-state index contributed by atoms with van der Waals surface area (Å²) in [7, 11) is 0. The maximum absolute atomic E-state index is 13.2. The van der Waals surface area contributed by atoms with Gasteiger partial charge in [0.05, 0.1) is 16.6 Å². The Balaban J connectivity index is 1.56. The second-order valence-electron chi connectivity index (χ2n) is 5.92. The van der Waals surface area contributed by atoms with Gasteiger partial charge < -0.3 is 9.84 Å². The van der Waals surface area contributed by atoms with E-state index in [1.807, 2.05) is 26.0 Å². The lowest BCUT2D eigenvalue weighted by molar-refractivity contribution is -0.115. The lowest BCUT2D eigenvalue weighted by Crippen LogP contribution is -2.14. The summed E-state index contributed by atoms with van der Waals surface area (Å²) >= 11 is 1.23. The van der Waals surface area contributed by atoms with Crippen molar-refractivity contribution in [2.75, 3.05) is 5.32 Å². The van der Waals surface area contributed by atoms with Gasteiger partial charge in [-0.25, -0.2) is 9.37 Å². The third-order valence-electron chi connectivity index (χ3n) is 4.09. The zero-order valence-corrected chi connectivity index (χ0v) is 14.4. The predicted molar refractivity (Wildman–Crippen MR) is 95.4 cm³/mol. The Morgan fingerprint density at radius 1 is 1.24 bits per heavy atom. The van der Waals surface area contributed by atoms with Gasteiger partial charge in [-0.15, -0.1) is 0 Å². The molecule has 0 aliphatic rings. The Hall–Kier alpha value is -2.80. The van der Waals surface area contributed by atoms with E-state index in [2.05, 4.69) is 15.5 Å². The number of carbonyl (C=O) groups is 1. The number of fused-ring (bicyclic) bond motifs is 2. The first-order valence-electron chi connectivity index (χ1n) is 7.71. The van der Waals surface area contributed by atoms with Crippen molar-refractivity contribution in [3.8, 4) is 0 Å². The summed E-state index contributed by atoms with van der Waals surface area (Å²) < 4.78 is 19.2. The Morgan fingerprint density at radius 3 is 2.88 bits per heavy atom. The van der Waals surface area contributed by atoms with Crippen LogP contribution < -0.4 is 5.32 Å². The average Bonchev–Trinajstić information content (AvgIpc) is 3.11. The molecule has 0 atom stereocenters. The van der Waals surface area contributed by atoms with E-state index in [4.69, 9.17) is 4.52 Å². The molecule has 4 aromatic rings. The maximum atomic E-state index is 13.2. The van der Waals surface area contributed by atoms with E-state index < -0.39 is 0 Å². The van der Waals surface area contributed by atoms with Crippen LogP contribution in [0.5, 0.6) is 0 Å². The van der Waals surface area contributed by atoms with Crippen LogP contribution in [0.2, 0.25) is 0 Å². The molecule has 0 bridgehead atoms. The summed E-state index contributed by atoms with van der Waals surface area (Å²) in [4.78, 5) is 16.6. The smallest absolute Gasteiger partial charge is 0.232 e. The minimum absolute atomic E-state index is 0.0831. The molecule has 1 N–H and O–H groups in total. The molecule has 0 saturated carbocycles. The van der Waals surface area contributed by atoms with Crippen LogP contribution in [-0.4, -0.2) is 16.0 Å². The highest BCUT2D eigenvalue weighted by Crippen LogP contribution is 2.27. The molecule has 1 amide bonds. The van der Waals surface area contributed by atoms with Crippen molar-refractivity contribution in [2.45, 2.75) is 20.3 Å². The molecule has 0 fully saturated rings. The number of aryl methyl sites for hydroxylation is 2. The summed E-state index contributed by atoms with van der Waals surface area (Å²) in [6.07, 6.45) is 0.0831. The fourth-order valence-electron chi connectivity index (χ4n) is 2.64. The molecular weight excluding hydrogens is 341 g/mol. The van der Waals surface area contributed by atoms with Crippen LogP contribution in [0.15, 0.2) is 34.9 Å². The summed E-state index contributed by atoms with van der Waals surface area (Å²) in [6, 6.07) is 8.23. The average molecular weight is 355 g/mol. The van der Waals surface area contributed by atoms with Gasteiger partial charge in [-0.05, 0) is 55.3 Å². The number of benzene rings is 2.